The molecule has 3 aromatic rings. The van der Waals surface area contributed by atoms with Crippen LogP contribution in [-0.2, 0) is 17.6 Å². The number of nitro groups is 1. The summed E-state index contributed by atoms with van der Waals surface area (Å²) < 4.78 is 0. The number of benzene rings is 1. The lowest BCUT2D eigenvalue weighted by Gasteiger charge is -2.15. The monoisotopic (exact) mass is 428 g/mol. The number of thioether (sulfide) groups is 1. The van der Waals surface area contributed by atoms with Gasteiger partial charge in [-0.3, -0.25) is 14.9 Å². The second-order valence-corrected chi connectivity index (χ2v) is 9.49. The maximum atomic E-state index is 12.7. The van der Waals surface area contributed by atoms with Crippen molar-refractivity contribution in [2.24, 2.45) is 0 Å². The molecule has 150 valence electrons. The van der Waals surface area contributed by atoms with Crippen LogP contribution in [-0.4, -0.2) is 26.0 Å². The van der Waals surface area contributed by atoms with Gasteiger partial charge in [0.1, 0.15) is 16.2 Å². The highest BCUT2D eigenvalue weighted by Gasteiger charge is 2.23. The zero-order valence-electron chi connectivity index (χ0n) is 16.1. The second-order valence-electron chi connectivity index (χ2n) is 7.08. The summed E-state index contributed by atoms with van der Waals surface area (Å²) in [4.78, 5) is 34.5. The largest absolute Gasteiger partial charge is 0.325 e. The minimum atomic E-state index is -0.445. The third kappa shape index (κ3) is 3.97. The van der Waals surface area contributed by atoms with Gasteiger partial charge in [-0.25, -0.2) is 9.97 Å². The van der Waals surface area contributed by atoms with E-state index in [1.165, 1.54) is 47.2 Å². The molecule has 0 saturated carbocycles. The molecule has 9 heteroatoms. The molecule has 0 aliphatic heterocycles. The highest BCUT2D eigenvalue weighted by Crippen LogP contribution is 2.40. The van der Waals surface area contributed by atoms with Crippen molar-refractivity contribution in [1.29, 1.82) is 0 Å². The number of hydrogen-bond acceptors (Lipinski definition) is 7. The number of fused-ring (bicyclic) bond motifs is 3. The molecule has 0 radical (unpaired) electrons. The number of rotatable bonds is 5. The number of carbonyl (C=O) groups excluding carboxylic acids is 1. The van der Waals surface area contributed by atoms with Crippen molar-refractivity contribution in [1.82, 2.24) is 9.97 Å². The van der Waals surface area contributed by atoms with Gasteiger partial charge in [-0.1, -0.05) is 11.8 Å². The molecule has 0 bridgehead atoms. The Bertz CT molecular complexity index is 1110. The van der Waals surface area contributed by atoms with Gasteiger partial charge in [0, 0.05) is 28.1 Å². The van der Waals surface area contributed by atoms with Gasteiger partial charge < -0.3 is 5.32 Å². The fraction of sp³-hybridized carbons (Fsp3) is 0.350. The van der Waals surface area contributed by atoms with Crippen molar-refractivity contribution in [3.63, 3.8) is 0 Å². The molecule has 0 unspecified atom stereocenters. The summed E-state index contributed by atoms with van der Waals surface area (Å²) in [6, 6.07) is 4.42. The molecule has 7 nitrogen and oxygen atoms in total. The topological polar surface area (TPSA) is 98.0 Å². The lowest BCUT2D eigenvalue weighted by atomic mass is 9.97. The van der Waals surface area contributed by atoms with Crippen LogP contribution in [0.4, 0.5) is 11.4 Å². The Labute approximate surface area is 176 Å². The summed E-state index contributed by atoms with van der Waals surface area (Å²) in [6.07, 6.45) is 6.09. The summed E-state index contributed by atoms with van der Waals surface area (Å²) in [7, 11) is 0. The van der Waals surface area contributed by atoms with E-state index in [-0.39, 0.29) is 16.8 Å². The minimum absolute atomic E-state index is 0.00790. The standard InChI is InChI=1S/C20H20N4O3S2/c1-11-9-13(24(26)27)7-8-15(11)23-18(25)12(2)28-19-17-14-5-3-4-6-16(14)29-20(17)22-10-21-19/h7-10,12H,3-6H2,1-2H3,(H,23,25)/t12-/m1/s1. The molecule has 1 aliphatic carbocycles. The van der Waals surface area contributed by atoms with Gasteiger partial charge in [0.25, 0.3) is 5.69 Å². The molecule has 1 atom stereocenters. The van der Waals surface area contributed by atoms with E-state index >= 15 is 0 Å². The molecule has 0 fully saturated rings. The zero-order valence-corrected chi connectivity index (χ0v) is 17.7. The quantitative estimate of drug-likeness (QED) is 0.268. The highest BCUT2D eigenvalue weighted by molar-refractivity contribution is 8.00. The van der Waals surface area contributed by atoms with Gasteiger partial charge in [-0.2, -0.15) is 0 Å². The van der Waals surface area contributed by atoms with Crippen LogP contribution in [0, 0.1) is 17.0 Å². The van der Waals surface area contributed by atoms with E-state index in [1.807, 2.05) is 6.92 Å². The summed E-state index contributed by atoms with van der Waals surface area (Å²) in [5.74, 6) is -0.164. The third-order valence-electron chi connectivity index (χ3n) is 5.05. The Kier molecular flexibility index (Phi) is 5.51. The minimum Gasteiger partial charge on any atom is -0.325 e. The first-order valence-corrected chi connectivity index (χ1v) is 11.1. The van der Waals surface area contributed by atoms with Gasteiger partial charge in [0.05, 0.1) is 10.2 Å². The molecule has 4 rings (SSSR count). The molecule has 0 spiro atoms. The predicted molar refractivity (Wildman–Crippen MR) is 116 cm³/mol. The van der Waals surface area contributed by atoms with E-state index in [9.17, 15) is 14.9 Å². The van der Waals surface area contributed by atoms with E-state index in [1.54, 1.807) is 30.7 Å². The number of nitrogens with one attached hydrogen (secondary N) is 1. The smallest absolute Gasteiger partial charge is 0.269 e. The molecule has 1 N–H and O–H groups in total. The third-order valence-corrected chi connectivity index (χ3v) is 7.35. The average molecular weight is 429 g/mol. The van der Waals surface area contributed by atoms with Crippen molar-refractivity contribution in [3.05, 3.63) is 50.6 Å². The van der Waals surface area contributed by atoms with Crippen LogP contribution in [0.25, 0.3) is 10.2 Å². The summed E-state index contributed by atoms with van der Waals surface area (Å²) in [5, 5.41) is 15.3. The van der Waals surface area contributed by atoms with Gasteiger partial charge >= 0.3 is 0 Å². The average Bonchev–Trinajstić information content (AvgIpc) is 3.08. The normalized spacial score (nSPS) is 14.4. The molecule has 2 heterocycles. The Morgan fingerprint density at radius 1 is 1.31 bits per heavy atom. The Balaban J connectivity index is 1.54. The van der Waals surface area contributed by atoms with Gasteiger partial charge in [-0.15, -0.1) is 11.3 Å². The van der Waals surface area contributed by atoms with Crippen molar-refractivity contribution < 1.29 is 9.72 Å². The van der Waals surface area contributed by atoms with Gasteiger partial charge in [0.15, 0.2) is 0 Å². The Morgan fingerprint density at radius 2 is 2.10 bits per heavy atom. The molecule has 1 aliphatic rings. The van der Waals surface area contributed by atoms with E-state index < -0.39 is 4.92 Å². The number of aromatic nitrogens is 2. The van der Waals surface area contributed by atoms with Crippen LogP contribution < -0.4 is 5.32 Å². The van der Waals surface area contributed by atoms with Gasteiger partial charge in [-0.05, 0) is 56.7 Å². The Hall–Kier alpha value is -2.52. The number of carbonyl (C=O) groups is 1. The van der Waals surface area contributed by atoms with Crippen molar-refractivity contribution >= 4 is 50.6 Å². The van der Waals surface area contributed by atoms with Crippen LogP contribution in [0.2, 0.25) is 0 Å². The molecule has 1 aromatic carbocycles. The number of nitro benzene ring substituents is 1. The van der Waals surface area contributed by atoms with E-state index in [0.717, 1.165) is 28.1 Å². The number of hydrogen-bond donors (Lipinski definition) is 1. The van der Waals surface area contributed by atoms with Gasteiger partial charge in [0.2, 0.25) is 5.91 Å². The van der Waals surface area contributed by atoms with Crippen molar-refractivity contribution in [2.45, 2.75) is 49.8 Å². The number of nitrogens with zero attached hydrogens (tertiary/aromatic N) is 3. The molecular formula is C20H20N4O3S2. The highest BCUT2D eigenvalue weighted by atomic mass is 32.2. The van der Waals surface area contributed by atoms with Crippen LogP contribution >= 0.6 is 23.1 Å². The summed E-state index contributed by atoms with van der Waals surface area (Å²) >= 11 is 3.16. The molecule has 2 aromatic heterocycles. The zero-order chi connectivity index (χ0) is 20.5. The maximum absolute atomic E-state index is 12.7. The Morgan fingerprint density at radius 3 is 2.86 bits per heavy atom. The van der Waals surface area contributed by atoms with Crippen molar-refractivity contribution in [3.8, 4) is 0 Å². The molecular weight excluding hydrogens is 408 g/mol. The summed E-state index contributed by atoms with van der Waals surface area (Å²) in [6.45, 7) is 3.58. The van der Waals surface area contributed by atoms with E-state index in [0.29, 0.717) is 11.3 Å². The number of thiophene rings is 1. The van der Waals surface area contributed by atoms with E-state index in [4.69, 9.17) is 0 Å². The maximum Gasteiger partial charge on any atom is 0.269 e. The van der Waals surface area contributed by atoms with Crippen LogP contribution in [0.1, 0.15) is 35.8 Å². The van der Waals surface area contributed by atoms with Crippen LogP contribution in [0.3, 0.4) is 0 Å². The predicted octanol–water partition coefficient (Wildman–Crippen LogP) is 4.91. The first-order valence-electron chi connectivity index (χ1n) is 9.42. The molecule has 0 saturated heterocycles. The fourth-order valence-corrected chi connectivity index (χ4v) is 5.75. The first kappa shape index (κ1) is 19.8. The number of amides is 1. The van der Waals surface area contributed by atoms with Crippen LogP contribution in [0.5, 0.6) is 0 Å². The number of aryl methyl sites for hydroxylation is 3. The van der Waals surface area contributed by atoms with E-state index in [2.05, 4.69) is 15.3 Å². The first-order chi connectivity index (χ1) is 13.9. The van der Waals surface area contributed by atoms with Crippen LogP contribution in [0.15, 0.2) is 29.6 Å². The SMILES string of the molecule is Cc1cc([N+](=O)[O-])ccc1NC(=O)[C@@H](C)Sc1ncnc2sc3c(c12)CCCC3. The number of non-ortho nitro benzene ring substituents is 1. The lowest BCUT2D eigenvalue weighted by Crippen LogP contribution is -2.23. The fourth-order valence-electron chi connectivity index (χ4n) is 3.51. The summed E-state index contributed by atoms with van der Waals surface area (Å²) in [5.41, 5.74) is 2.58. The second kappa shape index (κ2) is 8.08. The molecule has 29 heavy (non-hydrogen) atoms. The molecule has 1 amide bonds. The lowest BCUT2D eigenvalue weighted by molar-refractivity contribution is -0.384. The number of anilines is 1. The van der Waals surface area contributed by atoms with Crippen molar-refractivity contribution in [2.75, 3.05) is 5.32 Å².